The van der Waals surface area contributed by atoms with Crippen molar-refractivity contribution >= 4 is 21.4 Å². The molecule has 1 heterocycles. The predicted molar refractivity (Wildman–Crippen MR) is 85.2 cm³/mol. The average Bonchev–Trinajstić information content (AvgIpc) is 2.89. The lowest BCUT2D eigenvalue weighted by Crippen LogP contribution is -2.33. The third-order valence-electron chi connectivity index (χ3n) is 3.81. The highest BCUT2D eigenvalue weighted by Crippen LogP contribution is 2.34. The smallest absolute Gasteiger partial charge is 0.241 e. The summed E-state index contributed by atoms with van der Waals surface area (Å²) < 4.78 is 27.6. The second kappa shape index (κ2) is 5.88. The van der Waals surface area contributed by atoms with Gasteiger partial charge in [-0.2, -0.15) is 0 Å². The van der Waals surface area contributed by atoms with Crippen LogP contribution in [0.5, 0.6) is 0 Å². The summed E-state index contributed by atoms with van der Waals surface area (Å²) in [6.45, 7) is 1.04. The third kappa shape index (κ3) is 2.89. The normalized spacial score (nSPS) is 17.3. The summed E-state index contributed by atoms with van der Waals surface area (Å²) in [5.41, 5.74) is 2.59. The van der Waals surface area contributed by atoms with Crippen molar-refractivity contribution in [2.75, 3.05) is 13.6 Å². The third-order valence-corrected chi connectivity index (χ3v) is 6.37. The zero-order valence-electron chi connectivity index (χ0n) is 11.8. The van der Waals surface area contributed by atoms with E-state index in [1.54, 1.807) is 6.07 Å². The number of fused-ring (bicyclic) bond motifs is 1. The van der Waals surface area contributed by atoms with Crippen molar-refractivity contribution in [1.29, 1.82) is 0 Å². The van der Waals surface area contributed by atoms with Gasteiger partial charge >= 0.3 is 0 Å². The number of rotatable bonds is 6. The van der Waals surface area contributed by atoms with Gasteiger partial charge in [0, 0.05) is 23.9 Å². The molecule has 0 bridgehead atoms. The molecule has 0 saturated heterocycles. The molecule has 1 aliphatic carbocycles. The van der Waals surface area contributed by atoms with Gasteiger partial charge in [0.15, 0.2) is 0 Å². The van der Waals surface area contributed by atoms with E-state index >= 15 is 0 Å². The van der Waals surface area contributed by atoms with E-state index in [9.17, 15) is 8.42 Å². The van der Waals surface area contributed by atoms with E-state index in [1.165, 1.54) is 22.5 Å². The summed E-state index contributed by atoms with van der Waals surface area (Å²) >= 11 is 1.46. The lowest BCUT2D eigenvalue weighted by atomic mass is 9.78. The molecule has 0 fully saturated rings. The number of thiophene rings is 1. The lowest BCUT2D eigenvalue weighted by Gasteiger charge is -2.30. The minimum atomic E-state index is -3.42. The molecule has 0 spiro atoms. The molecule has 21 heavy (non-hydrogen) atoms. The number of benzene rings is 1. The first-order chi connectivity index (χ1) is 10.1. The van der Waals surface area contributed by atoms with Crippen LogP contribution in [0.3, 0.4) is 0 Å². The fourth-order valence-electron chi connectivity index (χ4n) is 2.69. The van der Waals surface area contributed by atoms with Crippen molar-refractivity contribution in [3.05, 3.63) is 51.7 Å². The maximum atomic E-state index is 12.4. The van der Waals surface area contributed by atoms with Gasteiger partial charge in [0.2, 0.25) is 10.0 Å². The molecule has 0 aliphatic heterocycles. The Kier molecular flexibility index (Phi) is 4.12. The van der Waals surface area contributed by atoms with E-state index in [2.05, 4.69) is 22.2 Å². The number of sulfonamides is 1. The van der Waals surface area contributed by atoms with Crippen molar-refractivity contribution < 1.29 is 8.42 Å². The van der Waals surface area contributed by atoms with Crippen LogP contribution in [-0.4, -0.2) is 22.0 Å². The first kappa shape index (κ1) is 14.7. The second-order valence-corrected chi connectivity index (χ2v) is 7.93. The Labute approximate surface area is 129 Å². The Morgan fingerprint density at radius 2 is 2.10 bits per heavy atom. The Hall–Kier alpha value is -1.21. The summed E-state index contributed by atoms with van der Waals surface area (Å²) in [6.07, 6.45) is 0.950. The van der Waals surface area contributed by atoms with E-state index in [0.29, 0.717) is 23.9 Å². The first-order valence-corrected chi connectivity index (χ1v) is 9.26. The minimum absolute atomic E-state index is 0.294. The number of hydrogen-bond acceptors (Lipinski definition) is 4. The van der Waals surface area contributed by atoms with Crippen LogP contribution >= 0.6 is 11.3 Å². The maximum Gasteiger partial charge on any atom is 0.241 e. The topological polar surface area (TPSA) is 58.2 Å². The molecule has 3 rings (SSSR count). The molecule has 0 radical (unpaired) electrons. The van der Waals surface area contributed by atoms with Gasteiger partial charge in [-0.25, -0.2) is 13.1 Å². The summed E-state index contributed by atoms with van der Waals surface area (Å²) in [7, 11) is -1.61. The Morgan fingerprint density at radius 1 is 1.29 bits per heavy atom. The van der Waals surface area contributed by atoms with Crippen LogP contribution in [0.25, 0.3) is 0 Å². The Balaban J connectivity index is 1.69. The number of nitrogens with one attached hydrogen (secondary N) is 2. The molecule has 1 aliphatic rings. The van der Waals surface area contributed by atoms with Gasteiger partial charge < -0.3 is 5.32 Å². The Bertz CT molecular complexity index is 738. The van der Waals surface area contributed by atoms with Crippen molar-refractivity contribution in [3.63, 3.8) is 0 Å². The molecule has 1 aromatic carbocycles. The first-order valence-electron chi connectivity index (χ1n) is 6.90. The molecule has 0 saturated carbocycles. The van der Waals surface area contributed by atoms with Gasteiger partial charge in [-0.3, -0.25) is 0 Å². The van der Waals surface area contributed by atoms with Gasteiger partial charge in [0.25, 0.3) is 0 Å². The van der Waals surface area contributed by atoms with Crippen molar-refractivity contribution in [2.24, 2.45) is 0 Å². The molecular formula is C15H18N2O2S2. The highest BCUT2D eigenvalue weighted by Gasteiger charge is 2.27. The predicted octanol–water partition coefficient (Wildman–Crippen LogP) is 2.09. The average molecular weight is 322 g/mol. The molecule has 1 aromatic heterocycles. The standard InChI is InChI=1S/C15H18N2O2S2/c1-16-10-14-15(6-7-20-14)21(18,19)17-9-12-8-11-4-2-3-5-13(11)12/h2-7,12,16-17H,8-10H2,1H3. The van der Waals surface area contributed by atoms with Crippen molar-refractivity contribution in [1.82, 2.24) is 10.0 Å². The van der Waals surface area contributed by atoms with Crippen LogP contribution in [0, 0.1) is 0 Å². The number of hydrogen-bond donors (Lipinski definition) is 2. The van der Waals surface area contributed by atoms with E-state index in [4.69, 9.17) is 0 Å². The molecule has 1 atom stereocenters. The molecule has 4 nitrogen and oxygen atoms in total. The molecule has 2 N–H and O–H groups in total. The SMILES string of the molecule is CNCc1sccc1S(=O)(=O)NCC1Cc2ccccc21. The monoisotopic (exact) mass is 322 g/mol. The molecule has 112 valence electrons. The lowest BCUT2D eigenvalue weighted by molar-refractivity contribution is 0.551. The van der Waals surface area contributed by atoms with Crippen LogP contribution in [0.4, 0.5) is 0 Å². The van der Waals surface area contributed by atoms with Gasteiger partial charge in [-0.15, -0.1) is 11.3 Å². The summed E-state index contributed by atoms with van der Waals surface area (Å²) in [5, 5.41) is 4.82. The van der Waals surface area contributed by atoms with Crippen LogP contribution < -0.4 is 10.0 Å². The van der Waals surface area contributed by atoms with E-state index in [-0.39, 0.29) is 0 Å². The maximum absolute atomic E-state index is 12.4. The largest absolute Gasteiger partial charge is 0.315 e. The van der Waals surface area contributed by atoms with E-state index in [0.717, 1.165) is 11.3 Å². The highest BCUT2D eigenvalue weighted by atomic mass is 32.2. The fourth-order valence-corrected chi connectivity index (χ4v) is 5.23. The van der Waals surface area contributed by atoms with Crippen molar-refractivity contribution in [2.45, 2.75) is 23.8 Å². The second-order valence-electron chi connectivity index (χ2n) is 5.19. The zero-order valence-corrected chi connectivity index (χ0v) is 13.4. The quantitative estimate of drug-likeness (QED) is 0.856. The highest BCUT2D eigenvalue weighted by molar-refractivity contribution is 7.89. The fraction of sp³-hybridized carbons (Fsp3) is 0.333. The van der Waals surface area contributed by atoms with Gasteiger partial charge in [0.1, 0.15) is 0 Å². The Morgan fingerprint density at radius 3 is 2.86 bits per heavy atom. The van der Waals surface area contributed by atoms with Crippen LogP contribution in [0.1, 0.15) is 21.9 Å². The van der Waals surface area contributed by atoms with Gasteiger partial charge in [0.05, 0.1) is 4.90 Å². The van der Waals surface area contributed by atoms with Crippen LogP contribution in [-0.2, 0) is 23.0 Å². The summed E-state index contributed by atoms with van der Waals surface area (Å²) in [4.78, 5) is 1.24. The zero-order chi connectivity index (χ0) is 14.9. The molecule has 1 unspecified atom stereocenters. The molecule has 2 aromatic rings. The van der Waals surface area contributed by atoms with E-state index < -0.39 is 10.0 Å². The molecule has 6 heteroatoms. The van der Waals surface area contributed by atoms with Crippen LogP contribution in [0.2, 0.25) is 0 Å². The van der Waals surface area contributed by atoms with E-state index in [1.807, 2.05) is 24.6 Å². The summed E-state index contributed by atoms with van der Waals surface area (Å²) in [6, 6.07) is 9.88. The van der Waals surface area contributed by atoms with Gasteiger partial charge in [-0.05, 0) is 36.0 Å². The molecule has 0 amide bonds. The molecular weight excluding hydrogens is 304 g/mol. The van der Waals surface area contributed by atoms with Crippen molar-refractivity contribution in [3.8, 4) is 0 Å². The summed E-state index contributed by atoms with van der Waals surface area (Å²) in [5.74, 6) is 0.294. The van der Waals surface area contributed by atoms with Gasteiger partial charge in [-0.1, -0.05) is 24.3 Å². The van der Waals surface area contributed by atoms with Crippen LogP contribution in [0.15, 0.2) is 40.6 Å². The minimum Gasteiger partial charge on any atom is -0.315 e.